The van der Waals surface area contributed by atoms with Crippen molar-refractivity contribution in [2.45, 2.75) is 81.4 Å². The lowest BCUT2D eigenvalue weighted by Gasteiger charge is -2.29. The Balaban J connectivity index is 1.25. The van der Waals surface area contributed by atoms with E-state index in [4.69, 9.17) is 9.39 Å². The number of amides is 4. The van der Waals surface area contributed by atoms with Crippen molar-refractivity contribution in [2.75, 3.05) is 19.7 Å². The summed E-state index contributed by atoms with van der Waals surface area (Å²) in [4.78, 5) is 51.4. The molecule has 2 aliphatic rings. The van der Waals surface area contributed by atoms with Crippen LogP contribution in [0.15, 0.2) is 77.4 Å². The van der Waals surface area contributed by atoms with Crippen LogP contribution in [0, 0.1) is 0 Å². The van der Waals surface area contributed by atoms with Gasteiger partial charge in [-0.15, -0.1) is 23.1 Å². The van der Waals surface area contributed by atoms with Crippen molar-refractivity contribution >= 4 is 54.2 Å². The van der Waals surface area contributed by atoms with E-state index in [2.05, 4.69) is 25.9 Å². The minimum Gasteiger partial charge on any atom is -0.444 e. The number of benzene rings is 2. The van der Waals surface area contributed by atoms with Gasteiger partial charge in [-0.1, -0.05) is 67.5 Å². The third kappa shape index (κ3) is 12.5. The predicted octanol–water partition coefficient (Wildman–Crippen LogP) is 4.59. The number of ether oxygens (including phenoxy) is 1. The van der Waals surface area contributed by atoms with E-state index in [9.17, 15) is 14.4 Å². The molecule has 1 saturated carbocycles. The summed E-state index contributed by atoms with van der Waals surface area (Å²) in [6, 6.07) is 18.5. The van der Waals surface area contributed by atoms with Crippen LogP contribution in [0.3, 0.4) is 0 Å². The number of hydrogen-bond acceptors (Lipinski definition) is 9. The topological polar surface area (TPSA) is 134 Å². The van der Waals surface area contributed by atoms with Crippen molar-refractivity contribution in [3.8, 4) is 0 Å². The first-order valence-corrected chi connectivity index (χ1v) is 18.8. The molecule has 1 unspecified atom stereocenters. The number of thiazole rings is 1. The number of aromatic nitrogens is 1. The number of rotatable bonds is 19. The Hall–Kier alpha value is -3.88. The second kappa shape index (κ2) is 19.3. The highest BCUT2D eigenvalue weighted by Gasteiger charge is 2.36. The van der Waals surface area contributed by atoms with Gasteiger partial charge in [-0.2, -0.15) is 0 Å². The van der Waals surface area contributed by atoms with Crippen LogP contribution in [0.5, 0.6) is 0 Å². The van der Waals surface area contributed by atoms with Gasteiger partial charge in [0, 0.05) is 36.1 Å². The quantitative estimate of drug-likeness (QED) is 0.156. The summed E-state index contributed by atoms with van der Waals surface area (Å²) in [6.07, 6.45) is 5.46. The molecule has 1 aromatic heterocycles. The Kier molecular flexibility index (Phi) is 14.4. The van der Waals surface area contributed by atoms with Gasteiger partial charge < -0.3 is 30.2 Å². The van der Waals surface area contributed by atoms with Crippen LogP contribution in [-0.2, 0) is 33.6 Å². The molecule has 0 bridgehead atoms. The molecule has 1 aliphatic heterocycles. The van der Waals surface area contributed by atoms with Crippen LogP contribution in [0.25, 0.3) is 0 Å². The monoisotopic (exact) mass is 704 g/mol. The molecule has 49 heavy (non-hydrogen) atoms. The Labute approximate surface area is 297 Å². The molecule has 4 amide bonds. The molecule has 1 aliphatic carbocycles. The van der Waals surface area contributed by atoms with Gasteiger partial charge in [0.15, 0.2) is 0 Å². The van der Waals surface area contributed by atoms with Crippen LogP contribution >= 0.6 is 23.1 Å². The number of hydrogen-bond donors (Lipinski definition) is 3. The lowest BCUT2D eigenvalue weighted by molar-refractivity contribution is -0.124. The van der Waals surface area contributed by atoms with E-state index in [1.54, 1.807) is 23.5 Å². The first kappa shape index (κ1) is 36.4. The predicted molar refractivity (Wildman–Crippen MR) is 196 cm³/mol. The van der Waals surface area contributed by atoms with Crippen molar-refractivity contribution in [1.29, 1.82) is 0 Å². The molecule has 3 N–H and O–H groups in total. The normalized spacial score (nSPS) is 17.0. The molecule has 4 atom stereocenters. The van der Waals surface area contributed by atoms with Crippen LogP contribution in [0.4, 0.5) is 9.59 Å². The van der Waals surface area contributed by atoms with Crippen LogP contribution in [-0.4, -0.2) is 90.1 Å². The Bertz CT molecular complexity index is 1470. The summed E-state index contributed by atoms with van der Waals surface area (Å²) < 4.78 is 11.2. The van der Waals surface area contributed by atoms with E-state index in [-0.39, 0.29) is 48.5 Å². The van der Waals surface area contributed by atoms with Crippen molar-refractivity contribution in [1.82, 2.24) is 25.8 Å². The zero-order valence-corrected chi connectivity index (χ0v) is 29.5. The molecule has 0 saturated heterocycles. The molecule has 0 spiro atoms. The molecule has 2 heterocycles. The van der Waals surface area contributed by atoms with E-state index in [1.165, 1.54) is 11.3 Å². The minimum absolute atomic E-state index is 0.0652. The van der Waals surface area contributed by atoms with E-state index in [0.717, 1.165) is 28.8 Å². The number of carbonyl (C=O) groups is 3. The van der Waals surface area contributed by atoms with E-state index in [1.807, 2.05) is 77.9 Å². The lowest BCUT2D eigenvalue weighted by Crippen LogP contribution is -2.56. The Morgan fingerprint density at radius 3 is 2.20 bits per heavy atom. The van der Waals surface area contributed by atoms with E-state index >= 15 is 0 Å². The molecule has 260 valence electrons. The maximum absolute atomic E-state index is 13.9. The van der Waals surface area contributed by atoms with Gasteiger partial charge in [0.25, 0.3) is 7.48 Å². The zero-order valence-electron chi connectivity index (χ0n) is 27.9. The van der Waals surface area contributed by atoms with Gasteiger partial charge in [-0.05, 0) is 49.7 Å². The Morgan fingerprint density at radius 1 is 0.959 bits per heavy atom. The highest BCUT2D eigenvalue weighted by Crippen LogP contribution is 2.29. The summed E-state index contributed by atoms with van der Waals surface area (Å²) in [5.41, 5.74) is 5.71. The lowest BCUT2D eigenvalue weighted by atomic mass is 9.96. The molecule has 14 heteroatoms. The summed E-state index contributed by atoms with van der Waals surface area (Å²) in [5, 5.41) is 9.49. The summed E-state index contributed by atoms with van der Waals surface area (Å²) in [7, 11) is 0.418. The van der Waals surface area contributed by atoms with Gasteiger partial charge >= 0.3 is 12.1 Å². The first-order valence-electron chi connectivity index (χ1n) is 16.9. The number of alkyl carbamates (subject to hydrolysis) is 1. The third-order valence-electron chi connectivity index (χ3n) is 8.40. The van der Waals surface area contributed by atoms with Crippen LogP contribution in [0.2, 0.25) is 6.82 Å². The van der Waals surface area contributed by atoms with Gasteiger partial charge in [0.05, 0.1) is 29.1 Å². The fourth-order valence-electron chi connectivity index (χ4n) is 5.70. The Morgan fingerprint density at radius 2 is 1.63 bits per heavy atom. The van der Waals surface area contributed by atoms with Gasteiger partial charge in [0.1, 0.15) is 12.6 Å². The highest BCUT2D eigenvalue weighted by molar-refractivity contribution is 8.12. The van der Waals surface area contributed by atoms with Gasteiger partial charge in [-0.3, -0.25) is 14.8 Å². The number of carbonyl (C=O) groups excluding carboxylic acids is 3. The number of aliphatic imine (C=N–C) groups is 1. The second-order valence-corrected chi connectivity index (χ2v) is 14.4. The summed E-state index contributed by atoms with van der Waals surface area (Å²) in [6.45, 7) is 3.36. The molecular weight excluding hydrogens is 659 g/mol. The largest absolute Gasteiger partial charge is 0.444 e. The molecule has 5 rings (SSSR count). The van der Waals surface area contributed by atoms with Crippen LogP contribution in [0.1, 0.15) is 41.7 Å². The number of nitrogens with zero attached hydrogens (tertiary/aromatic N) is 3. The molecular formula is C35H45BN6O5S2. The second-order valence-electron chi connectivity index (χ2n) is 12.3. The smallest absolute Gasteiger partial charge is 0.407 e. The van der Waals surface area contributed by atoms with Crippen LogP contribution < -0.4 is 16.0 Å². The number of thioether (sulfide) groups is 1. The summed E-state index contributed by atoms with van der Waals surface area (Å²) >= 11 is 3.07. The standard InChI is InChI=1S/C35H45BN6O5S2/c1-36-47-22-32(41-34(44)42(29-14-15-29)20-30-18-37-23-48-30)33(43)39-27(16-25-8-4-2-5-9-25)12-13-28(17-26-10-6-3-7-11-26)40-35(45)46-21-31-19-38-24-49-31/h2-11,19,23-24,27-30,32,36H,12-18,20-22H2,1H3,(H,39,43)(H,40,45)(H,41,44)/t27-,28-,30?,32-/m0/s1. The van der Waals surface area contributed by atoms with Crippen molar-refractivity contribution in [2.24, 2.45) is 4.99 Å². The SMILES string of the molecule is CBOC[C@H](NC(=O)N(CC1CN=CS1)C1CC1)C(=O)N[C@@H](CC[C@@H](Cc1ccccc1)NC(=O)OCc1cncs1)Cc1ccccc1. The third-order valence-corrected chi connectivity index (χ3v) is 10.1. The fourth-order valence-corrected chi connectivity index (χ4v) is 6.97. The molecule has 0 radical (unpaired) electrons. The molecule has 11 nitrogen and oxygen atoms in total. The average Bonchev–Trinajstić information content (AvgIpc) is 3.55. The number of nitrogens with one attached hydrogen (secondary N) is 3. The maximum atomic E-state index is 13.9. The summed E-state index contributed by atoms with van der Waals surface area (Å²) in [5.74, 6) is -0.298. The van der Waals surface area contributed by atoms with Crippen molar-refractivity contribution in [3.05, 3.63) is 88.4 Å². The minimum atomic E-state index is -0.862. The fraction of sp³-hybridized carbons (Fsp3) is 0.457. The highest BCUT2D eigenvalue weighted by atomic mass is 32.2. The van der Waals surface area contributed by atoms with Crippen molar-refractivity contribution < 1.29 is 23.8 Å². The molecule has 2 aromatic carbocycles. The molecule has 1 fully saturated rings. The van der Waals surface area contributed by atoms with E-state index in [0.29, 0.717) is 46.3 Å². The maximum Gasteiger partial charge on any atom is 0.407 e. The molecule has 3 aromatic rings. The first-order chi connectivity index (χ1) is 24.0. The van der Waals surface area contributed by atoms with Gasteiger partial charge in [-0.25, -0.2) is 9.59 Å². The average molecular weight is 705 g/mol. The van der Waals surface area contributed by atoms with Gasteiger partial charge in [0.2, 0.25) is 5.91 Å². The van der Waals surface area contributed by atoms with E-state index < -0.39 is 12.1 Å². The van der Waals surface area contributed by atoms with Crippen molar-refractivity contribution in [3.63, 3.8) is 0 Å². The zero-order chi connectivity index (χ0) is 34.3. The number of urea groups is 1.